The molecule has 216 valence electrons. The Morgan fingerprint density at radius 2 is 1.87 bits per heavy atom. The lowest BCUT2D eigenvalue weighted by Crippen LogP contribution is -2.38. The molecule has 0 saturated carbocycles. The highest BCUT2D eigenvalue weighted by atomic mass is 32.1. The van der Waals surface area contributed by atoms with Crippen LogP contribution in [0.4, 0.5) is 0 Å². The van der Waals surface area contributed by atoms with E-state index in [0.717, 1.165) is 80.8 Å². The molecule has 0 aromatic heterocycles. The molecule has 1 fully saturated rings. The lowest BCUT2D eigenvalue weighted by atomic mass is 9.94. The van der Waals surface area contributed by atoms with E-state index in [0.29, 0.717) is 54.4 Å². The van der Waals surface area contributed by atoms with Crippen LogP contribution in [-0.2, 0) is 32.0 Å². The lowest BCUT2D eigenvalue weighted by molar-refractivity contribution is -0.144. The summed E-state index contributed by atoms with van der Waals surface area (Å²) in [4.78, 5) is 27.2. The molecule has 1 saturated heterocycles. The third-order valence-corrected chi connectivity index (χ3v) is 7.52. The molecule has 39 heavy (non-hydrogen) atoms. The first kappa shape index (κ1) is 31.0. The number of carbonyl (C=O) groups excluding carboxylic acids is 2. The zero-order valence-electron chi connectivity index (χ0n) is 23.9. The number of rotatable bonds is 15. The minimum Gasteiger partial charge on any atom is -0.496 e. The fraction of sp³-hybridized carbons (Fsp3) is 0.633. The summed E-state index contributed by atoms with van der Waals surface area (Å²) in [7, 11) is 1.62. The second-order valence-corrected chi connectivity index (χ2v) is 10.6. The number of allylic oxidation sites excluding steroid dienone is 2. The highest BCUT2D eigenvalue weighted by Gasteiger charge is 2.33. The van der Waals surface area contributed by atoms with Crippen molar-refractivity contribution in [3.63, 3.8) is 0 Å². The molecular formula is C30H43NO7S. The fourth-order valence-electron chi connectivity index (χ4n) is 4.85. The van der Waals surface area contributed by atoms with Crippen LogP contribution in [0, 0.1) is 6.92 Å². The van der Waals surface area contributed by atoms with Gasteiger partial charge >= 0.3 is 11.9 Å². The summed E-state index contributed by atoms with van der Waals surface area (Å²) in [5.74, 6) is 0.493. The summed E-state index contributed by atoms with van der Waals surface area (Å²) >= 11 is 5.56. The summed E-state index contributed by atoms with van der Waals surface area (Å²) in [5, 5.41) is 0.459. The predicted molar refractivity (Wildman–Crippen MR) is 154 cm³/mol. The highest BCUT2D eigenvalue weighted by molar-refractivity contribution is 7.80. The van der Waals surface area contributed by atoms with E-state index in [4.69, 9.17) is 35.9 Å². The molecule has 0 unspecified atom stereocenters. The summed E-state index contributed by atoms with van der Waals surface area (Å²) in [6, 6.07) is 0. The zero-order valence-corrected chi connectivity index (χ0v) is 24.7. The van der Waals surface area contributed by atoms with Crippen LogP contribution in [0.5, 0.6) is 11.5 Å². The van der Waals surface area contributed by atoms with Crippen LogP contribution in [-0.4, -0.2) is 68.5 Å². The number of methoxy groups -OCH3 is 1. The molecule has 2 aliphatic heterocycles. The Labute approximate surface area is 237 Å². The molecule has 3 rings (SSSR count). The van der Waals surface area contributed by atoms with Crippen LogP contribution >= 0.6 is 12.2 Å². The Hall–Kier alpha value is -2.49. The average molecular weight is 562 g/mol. The van der Waals surface area contributed by atoms with Crippen molar-refractivity contribution in [2.24, 2.45) is 0 Å². The van der Waals surface area contributed by atoms with Gasteiger partial charge in [-0.3, -0.25) is 9.69 Å². The van der Waals surface area contributed by atoms with Crippen molar-refractivity contribution in [1.29, 1.82) is 0 Å². The van der Waals surface area contributed by atoms with Gasteiger partial charge in [0.1, 0.15) is 30.3 Å². The van der Waals surface area contributed by atoms with Crippen LogP contribution < -0.4 is 9.47 Å². The third-order valence-electron chi connectivity index (χ3n) is 7.23. The molecule has 0 radical (unpaired) electrons. The Bertz CT molecular complexity index is 1050. The first-order valence-corrected chi connectivity index (χ1v) is 14.5. The summed E-state index contributed by atoms with van der Waals surface area (Å²) in [6.45, 7) is 10.6. The monoisotopic (exact) mass is 561 g/mol. The van der Waals surface area contributed by atoms with Gasteiger partial charge in [0.05, 0.1) is 20.3 Å². The zero-order chi connectivity index (χ0) is 28.2. The van der Waals surface area contributed by atoms with Gasteiger partial charge in [0.15, 0.2) is 5.05 Å². The number of carbonyl (C=O) groups is 2. The second kappa shape index (κ2) is 15.9. The smallest absolute Gasteiger partial charge is 0.342 e. The van der Waals surface area contributed by atoms with Crippen molar-refractivity contribution in [2.75, 3.05) is 46.6 Å². The average Bonchev–Trinajstić information content (AvgIpc) is 3.32. The number of thiocarbonyl (C=S) groups is 1. The van der Waals surface area contributed by atoms with Crippen molar-refractivity contribution >= 4 is 29.2 Å². The molecule has 9 heteroatoms. The molecule has 0 aliphatic carbocycles. The van der Waals surface area contributed by atoms with E-state index in [9.17, 15) is 9.59 Å². The Balaban J connectivity index is 1.66. The Morgan fingerprint density at radius 1 is 1.10 bits per heavy atom. The van der Waals surface area contributed by atoms with E-state index in [-0.39, 0.29) is 12.6 Å². The molecule has 0 amide bonds. The maximum atomic E-state index is 12.7. The summed E-state index contributed by atoms with van der Waals surface area (Å²) < 4.78 is 28.1. The SMILES string of the molecule is CCCCCCC(=S)Oc1c(CC=C(C)CCC(=O)OCCN2CCOCC2)c(OC)c(C)c2c1C(=O)OC2. The van der Waals surface area contributed by atoms with Gasteiger partial charge in [-0.2, -0.15) is 0 Å². The van der Waals surface area contributed by atoms with Crippen molar-refractivity contribution in [3.05, 3.63) is 33.9 Å². The second-order valence-electron chi connectivity index (χ2n) is 10.1. The molecule has 1 aromatic rings. The number of unbranched alkanes of at least 4 members (excludes halogenated alkanes) is 3. The number of morpholine rings is 1. The van der Waals surface area contributed by atoms with Crippen LogP contribution in [0.2, 0.25) is 0 Å². The Kier molecular flexibility index (Phi) is 12.7. The first-order chi connectivity index (χ1) is 18.8. The number of benzene rings is 1. The number of hydrogen-bond acceptors (Lipinski definition) is 9. The van der Waals surface area contributed by atoms with Crippen molar-refractivity contribution in [2.45, 2.75) is 78.7 Å². The number of fused-ring (bicyclic) bond motifs is 1. The van der Waals surface area contributed by atoms with Crippen LogP contribution in [0.3, 0.4) is 0 Å². The van der Waals surface area contributed by atoms with Gasteiger partial charge in [0.25, 0.3) is 0 Å². The van der Waals surface area contributed by atoms with E-state index < -0.39 is 5.97 Å². The first-order valence-electron chi connectivity index (χ1n) is 14.1. The van der Waals surface area contributed by atoms with E-state index in [1.54, 1.807) is 7.11 Å². The molecule has 2 aliphatic rings. The third kappa shape index (κ3) is 9.01. The van der Waals surface area contributed by atoms with Gasteiger partial charge < -0.3 is 23.7 Å². The van der Waals surface area contributed by atoms with Crippen LogP contribution in [0.15, 0.2) is 11.6 Å². The lowest BCUT2D eigenvalue weighted by Gasteiger charge is -2.26. The minimum atomic E-state index is -0.402. The number of esters is 2. The van der Waals surface area contributed by atoms with E-state index in [1.165, 1.54) is 0 Å². The van der Waals surface area contributed by atoms with E-state index in [2.05, 4.69) is 11.8 Å². The van der Waals surface area contributed by atoms with Crippen molar-refractivity contribution < 1.29 is 33.3 Å². The Morgan fingerprint density at radius 3 is 2.59 bits per heavy atom. The van der Waals surface area contributed by atoms with Gasteiger partial charge in [-0.25, -0.2) is 4.79 Å². The molecule has 8 nitrogen and oxygen atoms in total. The summed E-state index contributed by atoms with van der Waals surface area (Å²) in [6.07, 6.45) is 8.38. The van der Waals surface area contributed by atoms with Gasteiger partial charge in [0.2, 0.25) is 0 Å². The molecule has 2 heterocycles. The van der Waals surface area contributed by atoms with Gasteiger partial charge in [-0.1, -0.05) is 37.8 Å². The van der Waals surface area contributed by atoms with E-state index >= 15 is 0 Å². The molecule has 0 spiro atoms. The minimum absolute atomic E-state index is 0.193. The molecular weight excluding hydrogens is 518 g/mol. The topological polar surface area (TPSA) is 83.5 Å². The summed E-state index contributed by atoms with van der Waals surface area (Å²) in [5.41, 5.74) is 3.88. The number of hydrogen-bond donors (Lipinski definition) is 0. The van der Waals surface area contributed by atoms with Crippen LogP contribution in [0.25, 0.3) is 0 Å². The molecule has 0 atom stereocenters. The standard InChI is InChI=1S/C30H43NO7S/c1-5-6-7-8-9-26(39)38-29-23(28(34-4)22(3)24-20-37-30(33)27(24)29)12-10-21(2)11-13-25(32)36-19-16-31-14-17-35-18-15-31/h10H,5-9,11-20H2,1-4H3. The highest BCUT2D eigenvalue weighted by Crippen LogP contribution is 2.43. The maximum Gasteiger partial charge on any atom is 0.342 e. The van der Waals surface area contributed by atoms with Crippen molar-refractivity contribution in [1.82, 2.24) is 4.90 Å². The van der Waals surface area contributed by atoms with Crippen LogP contribution in [0.1, 0.15) is 85.8 Å². The van der Waals surface area contributed by atoms with Gasteiger partial charge in [-0.15, -0.1) is 0 Å². The maximum absolute atomic E-state index is 12.7. The molecule has 0 N–H and O–H groups in total. The quantitative estimate of drug-likeness (QED) is 0.119. The van der Waals surface area contributed by atoms with Gasteiger partial charge in [0, 0.05) is 43.6 Å². The van der Waals surface area contributed by atoms with E-state index in [1.807, 2.05) is 19.9 Å². The predicted octanol–water partition coefficient (Wildman–Crippen LogP) is 5.50. The number of ether oxygens (including phenoxy) is 5. The van der Waals surface area contributed by atoms with Crippen molar-refractivity contribution in [3.8, 4) is 11.5 Å². The normalized spacial score (nSPS) is 15.6. The molecule has 1 aromatic carbocycles. The number of cyclic esters (lactones) is 1. The fourth-order valence-corrected chi connectivity index (χ4v) is 5.07. The largest absolute Gasteiger partial charge is 0.496 e. The number of nitrogens with zero attached hydrogens (tertiary/aromatic N) is 1. The van der Waals surface area contributed by atoms with Gasteiger partial charge in [-0.05, 0) is 50.9 Å². The molecule has 0 bridgehead atoms.